The predicted octanol–water partition coefficient (Wildman–Crippen LogP) is 4.39. The Balaban J connectivity index is 1.56. The first-order valence-electron chi connectivity index (χ1n) is 7.85. The third kappa shape index (κ3) is 5.02. The number of amides is 1. The van der Waals surface area contributed by atoms with Crippen molar-refractivity contribution in [3.05, 3.63) is 82.9 Å². The molecule has 1 amide bonds. The molecule has 0 saturated heterocycles. The molecule has 3 aromatic rings. The average molecular weight is 350 g/mol. The van der Waals surface area contributed by atoms with Crippen molar-refractivity contribution < 1.29 is 9.53 Å². The lowest BCUT2D eigenvalue weighted by Crippen LogP contribution is -2.07. The summed E-state index contributed by atoms with van der Waals surface area (Å²) in [5.41, 5.74) is 2.16. The number of anilines is 1. The molecule has 3 rings (SSSR count). The monoisotopic (exact) mass is 350 g/mol. The summed E-state index contributed by atoms with van der Waals surface area (Å²) in [6, 6.07) is 17.7. The van der Waals surface area contributed by atoms with Gasteiger partial charge in [-0.2, -0.15) is 0 Å². The Labute approximate surface area is 150 Å². The lowest BCUT2D eigenvalue weighted by Gasteiger charge is -1.99. The molecule has 0 radical (unpaired) electrons. The molecule has 0 fully saturated rings. The smallest absolute Gasteiger partial charge is 0.250 e. The minimum absolute atomic E-state index is 0.198. The minimum atomic E-state index is -0.198. The number of carbonyl (C=O) groups is 1. The van der Waals surface area contributed by atoms with Gasteiger partial charge >= 0.3 is 0 Å². The fourth-order valence-corrected chi connectivity index (χ4v) is 3.13. The maximum atomic E-state index is 12.0. The summed E-state index contributed by atoms with van der Waals surface area (Å²) in [6.07, 6.45) is 5.88. The number of hydrogen-bond donors (Lipinski definition) is 1. The van der Waals surface area contributed by atoms with Gasteiger partial charge < -0.3 is 4.74 Å². The highest BCUT2D eigenvalue weighted by Crippen LogP contribution is 2.21. The van der Waals surface area contributed by atoms with E-state index in [0.717, 1.165) is 22.6 Å². The van der Waals surface area contributed by atoms with Crippen molar-refractivity contribution in [2.24, 2.45) is 0 Å². The van der Waals surface area contributed by atoms with Gasteiger partial charge in [0, 0.05) is 23.6 Å². The van der Waals surface area contributed by atoms with Crippen LogP contribution in [0.3, 0.4) is 0 Å². The van der Waals surface area contributed by atoms with Gasteiger partial charge in [0.15, 0.2) is 5.13 Å². The van der Waals surface area contributed by atoms with Crippen LogP contribution in [0.15, 0.2) is 66.9 Å². The summed E-state index contributed by atoms with van der Waals surface area (Å²) in [4.78, 5) is 17.4. The summed E-state index contributed by atoms with van der Waals surface area (Å²) in [7, 11) is 1.62. The van der Waals surface area contributed by atoms with E-state index in [-0.39, 0.29) is 5.91 Å². The topological polar surface area (TPSA) is 51.2 Å². The molecule has 1 N–H and O–H groups in total. The van der Waals surface area contributed by atoms with Gasteiger partial charge in [-0.1, -0.05) is 42.5 Å². The first kappa shape index (κ1) is 16.9. The third-order valence-corrected chi connectivity index (χ3v) is 4.46. The molecule has 1 heterocycles. The number of benzene rings is 2. The molecular formula is C20H18N2O2S. The summed E-state index contributed by atoms with van der Waals surface area (Å²) < 4.78 is 5.11. The number of aromatic nitrogens is 1. The first-order chi connectivity index (χ1) is 12.2. The van der Waals surface area contributed by atoms with Crippen molar-refractivity contribution in [1.82, 2.24) is 4.98 Å². The Kier molecular flexibility index (Phi) is 5.59. The van der Waals surface area contributed by atoms with Crippen LogP contribution < -0.4 is 10.1 Å². The molecule has 0 atom stereocenters. The average Bonchev–Trinajstić information content (AvgIpc) is 3.08. The number of hydrogen-bond acceptors (Lipinski definition) is 4. The van der Waals surface area contributed by atoms with Crippen molar-refractivity contribution in [2.45, 2.75) is 6.42 Å². The normalized spacial score (nSPS) is 10.8. The van der Waals surface area contributed by atoms with E-state index in [1.807, 2.05) is 42.5 Å². The van der Waals surface area contributed by atoms with Gasteiger partial charge in [-0.25, -0.2) is 4.98 Å². The largest absolute Gasteiger partial charge is 0.497 e. The quantitative estimate of drug-likeness (QED) is 0.671. The summed E-state index contributed by atoms with van der Waals surface area (Å²) >= 11 is 1.49. The molecule has 4 nitrogen and oxygen atoms in total. The molecule has 0 spiro atoms. The fraction of sp³-hybridized carbons (Fsp3) is 0.100. The van der Waals surface area contributed by atoms with Crippen LogP contribution in [0.25, 0.3) is 6.08 Å². The van der Waals surface area contributed by atoms with E-state index in [9.17, 15) is 4.79 Å². The van der Waals surface area contributed by atoms with Crippen molar-refractivity contribution in [3.63, 3.8) is 0 Å². The molecule has 0 aliphatic heterocycles. The SMILES string of the molecule is COc1ccc(C=CC(=O)Nc2ncc(Cc3ccccc3)s2)cc1. The first-order valence-corrected chi connectivity index (χ1v) is 8.66. The zero-order valence-electron chi connectivity index (χ0n) is 13.8. The zero-order valence-corrected chi connectivity index (χ0v) is 14.6. The van der Waals surface area contributed by atoms with Crippen LogP contribution in [-0.2, 0) is 11.2 Å². The number of nitrogens with zero attached hydrogens (tertiary/aromatic N) is 1. The van der Waals surface area contributed by atoms with Crippen molar-refractivity contribution in [1.29, 1.82) is 0 Å². The summed E-state index contributed by atoms with van der Waals surface area (Å²) in [5, 5.41) is 3.40. The van der Waals surface area contributed by atoms with Crippen LogP contribution >= 0.6 is 11.3 Å². The fourth-order valence-electron chi connectivity index (χ4n) is 2.28. The molecule has 0 unspecified atom stereocenters. The van der Waals surface area contributed by atoms with E-state index in [1.165, 1.54) is 23.0 Å². The molecule has 2 aromatic carbocycles. The highest BCUT2D eigenvalue weighted by Gasteiger charge is 2.05. The number of thiazole rings is 1. The molecular weight excluding hydrogens is 332 g/mol. The van der Waals surface area contributed by atoms with E-state index in [2.05, 4.69) is 22.4 Å². The summed E-state index contributed by atoms with van der Waals surface area (Å²) in [5.74, 6) is 0.590. The molecule has 5 heteroatoms. The maximum absolute atomic E-state index is 12.0. The van der Waals surface area contributed by atoms with E-state index >= 15 is 0 Å². The van der Waals surface area contributed by atoms with Crippen LogP contribution in [0.5, 0.6) is 5.75 Å². The van der Waals surface area contributed by atoms with Crippen LogP contribution in [0.1, 0.15) is 16.0 Å². The number of nitrogens with one attached hydrogen (secondary N) is 1. The van der Waals surface area contributed by atoms with E-state index in [4.69, 9.17) is 4.74 Å². The van der Waals surface area contributed by atoms with Gasteiger partial charge in [-0.15, -0.1) is 11.3 Å². The number of methoxy groups -OCH3 is 1. The van der Waals surface area contributed by atoms with Gasteiger partial charge in [0.25, 0.3) is 0 Å². The van der Waals surface area contributed by atoms with Crippen LogP contribution in [0.4, 0.5) is 5.13 Å². The van der Waals surface area contributed by atoms with Gasteiger partial charge in [0.1, 0.15) is 5.75 Å². The Morgan fingerprint density at radius 2 is 1.92 bits per heavy atom. The lowest BCUT2D eigenvalue weighted by molar-refractivity contribution is -0.111. The molecule has 0 aliphatic rings. The Morgan fingerprint density at radius 3 is 2.64 bits per heavy atom. The predicted molar refractivity (Wildman–Crippen MR) is 102 cm³/mol. The van der Waals surface area contributed by atoms with Crippen LogP contribution in [-0.4, -0.2) is 18.0 Å². The van der Waals surface area contributed by atoms with Crippen LogP contribution in [0.2, 0.25) is 0 Å². The standard InChI is InChI=1S/C20H18N2O2S/c1-24-17-10-7-15(8-11-17)9-12-19(23)22-20-21-14-18(25-20)13-16-5-3-2-4-6-16/h2-12,14H,13H2,1H3,(H,21,22,23). The van der Waals surface area contributed by atoms with Crippen LogP contribution in [0, 0.1) is 0 Å². The molecule has 25 heavy (non-hydrogen) atoms. The number of rotatable bonds is 6. The maximum Gasteiger partial charge on any atom is 0.250 e. The molecule has 1 aromatic heterocycles. The Bertz CT molecular complexity index is 855. The Hall–Kier alpha value is -2.92. The van der Waals surface area contributed by atoms with E-state index < -0.39 is 0 Å². The second-order valence-electron chi connectivity index (χ2n) is 5.39. The van der Waals surface area contributed by atoms with Gasteiger partial charge in [0.05, 0.1) is 7.11 Å². The number of ether oxygens (including phenoxy) is 1. The van der Waals surface area contributed by atoms with Gasteiger partial charge in [0.2, 0.25) is 5.91 Å². The van der Waals surface area contributed by atoms with Crippen molar-refractivity contribution in [2.75, 3.05) is 12.4 Å². The third-order valence-electron chi connectivity index (χ3n) is 3.55. The van der Waals surface area contributed by atoms with Gasteiger partial charge in [-0.05, 0) is 29.3 Å². The second-order valence-corrected chi connectivity index (χ2v) is 6.51. The second kappa shape index (κ2) is 8.26. The molecule has 0 aliphatic carbocycles. The zero-order chi connectivity index (χ0) is 17.5. The lowest BCUT2D eigenvalue weighted by atomic mass is 10.1. The Morgan fingerprint density at radius 1 is 1.16 bits per heavy atom. The molecule has 0 saturated carbocycles. The van der Waals surface area contributed by atoms with Crippen molar-refractivity contribution >= 4 is 28.5 Å². The summed E-state index contributed by atoms with van der Waals surface area (Å²) in [6.45, 7) is 0. The highest BCUT2D eigenvalue weighted by molar-refractivity contribution is 7.15. The van der Waals surface area contributed by atoms with E-state index in [0.29, 0.717) is 5.13 Å². The number of carbonyl (C=O) groups excluding carboxylic acids is 1. The van der Waals surface area contributed by atoms with E-state index in [1.54, 1.807) is 19.4 Å². The van der Waals surface area contributed by atoms with Gasteiger partial charge in [-0.3, -0.25) is 10.1 Å². The molecule has 0 bridgehead atoms. The molecule has 126 valence electrons. The highest BCUT2D eigenvalue weighted by atomic mass is 32.1. The minimum Gasteiger partial charge on any atom is -0.497 e. The van der Waals surface area contributed by atoms with Crippen molar-refractivity contribution in [3.8, 4) is 5.75 Å².